The molecule has 0 radical (unpaired) electrons. The molecule has 2 aliphatic heterocycles. The monoisotopic (exact) mass is 379 g/mol. The van der Waals surface area contributed by atoms with Crippen molar-refractivity contribution >= 4 is 23.4 Å². The lowest BCUT2D eigenvalue weighted by Gasteiger charge is -2.28. The van der Waals surface area contributed by atoms with E-state index < -0.39 is 0 Å². The first-order chi connectivity index (χ1) is 13.7. The smallest absolute Gasteiger partial charge is 0.414 e. The Hall–Kier alpha value is -3.02. The summed E-state index contributed by atoms with van der Waals surface area (Å²) in [5.41, 5.74) is 3.64. The molecule has 0 atom stereocenters. The van der Waals surface area contributed by atoms with Crippen molar-refractivity contribution in [2.75, 3.05) is 36.0 Å². The highest BCUT2D eigenvalue weighted by Gasteiger charge is 2.23. The van der Waals surface area contributed by atoms with Gasteiger partial charge in [-0.25, -0.2) is 4.79 Å². The molecule has 28 heavy (non-hydrogen) atoms. The largest absolute Gasteiger partial charge is 0.447 e. The fraction of sp³-hybridized carbons (Fsp3) is 0.364. The number of carbonyl (C=O) groups excluding carboxylic acids is 2. The summed E-state index contributed by atoms with van der Waals surface area (Å²) in [7, 11) is 0. The lowest BCUT2D eigenvalue weighted by atomic mass is 10.1. The number of hydrogen-bond acceptors (Lipinski definition) is 4. The summed E-state index contributed by atoms with van der Waals surface area (Å²) >= 11 is 0. The van der Waals surface area contributed by atoms with E-state index in [1.807, 2.05) is 0 Å². The van der Waals surface area contributed by atoms with Crippen LogP contribution in [0, 0.1) is 0 Å². The fourth-order valence-corrected chi connectivity index (χ4v) is 3.68. The van der Waals surface area contributed by atoms with Gasteiger partial charge in [-0.3, -0.25) is 9.69 Å². The molecule has 0 aliphatic carbocycles. The van der Waals surface area contributed by atoms with Gasteiger partial charge in [0, 0.05) is 36.6 Å². The number of cyclic esters (lactones) is 1. The first kappa shape index (κ1) is 18.3. The zero-order valence-corrected chi connectivity index (χ0v) is 15.9. The number of ether oxygens (including phenoxy) is 1. The van der Waals surface area contributed by atoms with Crippen LogP contribution in [0.5, 0.6) is 0 Å². The quantitative estimate of drug-likeness (QED) is 0.863. The number of nitrogens with one attached hydrogen (secondary N) is 1. The molecule has 2 aromatic carbocycles. The van der Waals surface area contributed by atoms with Crippen LogP contribution >= 0.6 is 0 Å². The van der Waals surface area contributed by atoms with Crippen molar-refractivity contribution in [3.05, 3.63) is 59.7 Å². The Kier molecular flexibility index (Phi) is 5.46. The zero-order valence-electron chi connectivity index (χ0n) is 15.9. The molecule has 6 heteroatoms. The molecule has 2 aromatic rings. The number of benzene rings is 2. The first-order valence-electron chi connectivity index (χ1n) is 9.87. The fourth-order valence-electron chi connectivity index (χ4n) is 3.68. The summed E-state index contributed by atoms with van der Waals surface area (Å²) < 4.78 is 4.94. The van der Waals surface area contributed by atoms with E-state index in [-0.39, 0.29) is 12.0 Å². The zero-order chi connectivity index (χ0) is 19.3. The highest BCUT2D eigenvalue weighted by Crippen LogP contribution is 2.21. The normalized spacial score (nSPS) is 16.8. The van der Waals surface area contributed by atoms with Gasteiger partial charge >= 0.3 is 6.09 Å². The Balaban J connectivity index is 1.32. The third-order valence-electron chi connectivity index (χ3n) is 5.31. The van der Waals surface area contributed by atoms with Crippen LogP contribution in [0.25, 0.3) is 0 Å². The van der Waals surface area contributed by atoms with Crippen molar-refractivity contribution in [1.82, 2.24) is 5.32 Å². The van der Waals surface area contributed by atoms with Crippen LogP contribution in [0.3, 0.4) is 0 Å². The Morgan fingerprint density at radius 1 is 0.893 bits per heavy atom. The molecule has 1 N–H and O–H groups in total. The number of amides is 2. The van der Waals surface area contributed by atoms with E-state index in [1.165, 1.54) is 24.9 Å². The number of hydrogen-bond donors (Lipinski definition) is 1. The highest BCUT2D eigenvalue weighted by molar-refractivity contribution is 5.95. The second-order valence-corrected chi connectivity index (χ2v) is 7.21. The second-order valence-electron chi connectivity index (χ2n) is 7.21. The van der Waals surface area contributed by atoms with E-state index in [2.05, 4.69) is 34.5 Å². The number of carbonyl (C=O) groups is 2. The van der Waals surface area contributed by atoms with Gasteiger partial charge in [0.25, 0.3) is 5.91 Å². The van der Waals surface area contributed by atoms with Crippen LogP contribution in [0.4, 0.5) is 16.2 Å². The van der Waals surface area contributed by atoms with E-state index in [1.54, 1.807) is 29.2 Å². The van der Waals surface area contributed by atoms with E-state index in [0.29, 0.717) is 25.3 Å². The average Bonchev–Trinajstić information content (AvgIpc) is 3.19. The molecule has 146 valence electrons. The predicted octanol–water partition coefficient (Wildman–Crippen LogP) is 3.56. The first-order valence-corrected chi connectivity index (χ1v) is 9.87. The standard InChI is InChI=1S/C22H25N3O3/c26-21(18-6-10-20(11-7-18)25-14-15-28-22(25)27)23-16-17-4-8-19(9-5-17)24-12-2-1-3-13-24/h4-11H,1-3,12-16H2,(H,23,26). The molecule has 6 nitrogen and oxygen atoms in total. The minimum absolute atomic E-state index is 0.129. The number of nitrogens with zero attached hydrogens (tertiary/aromatic N) is 2. The predicted molar refractivity (Wildman–Crippen MR) is 109 cm³/mol. The number of piperidine rings is 1. The minimum Gasteiger partial charge on any atom is -0.447 e. The second kappa shape index (κ2) is 8.33. The molecular formula is C22H25N3O3. The summed E-state index contributed by atoms with van der Waals surface area (Å²) in [6.07, 6.45) is 3.50. The molecule has 0 aromatic heterocycles. The van der Waals surface area contributed by atoms with Crippen LogP contribution in [-0.4, -0.2) is 38.2 Å². The Labute approximate surface area is 165 Å². The van der Waals surface area contributed by atoms with Gasteiger partial charge in [-0.2, -0.15) is 0 Å². The van der Waals surface area contributed by atoms with Crippen molar-refractivity contribution in [1.29, 1.82) is 0 Å². The van der Waals surface area contributed by atoms with Crippen LogP contribution in [0.15, 0.2) is 48.5 Å². The maximum atomic E-state index is 12.4. The molecule has 0 saturated carbocycles. The maximum absolute atomic E-state index is 12.4. The van der Waals surface area contributed by atoms with Crippen molar-refractivity contribution in [2.24, 2.45) is 0 Å². The van der Waals surface area contributed by atoms with E-state index in [0.717, 1.165) is 24.3 Å². The molecule has 2 heterocycles. The highest BCUT2D eigenvalue weighted by atomic mass is 16.6. The number of rotatable bonds is 5. The van der Waals surface area contributed by atoms with E-state index >= 15 is 0 Å². The van der Waals surface area contributed by atoms with Gasteiger partial charge in [-0.1, -0.05) is 12.1 Å². The Morgan fingerprint density at radius 2 is 1.57 bits per heavy atom. The molecule has 2 amide bonds. The lowest BCUT2D eigenvalue weighted by molar-refractivity contribution is 0.0951. The molecule has 4 rings (SSSR count). The van der Waals surface area contributed by atoms with Gasteiger partial charge in [-0.15, -0.1) is 0 Å². The van der Waals surface area contributed by atoms with Gasteiger partial charge in [-0.05, 0) is 61.2 Å². The van der Waals surface area contributed by atoms with Crippen LogP contribution < -0.4 is 15.1 Å². The van der Waals surface area contributed by atoms with Crippen LogP contribution in [-0.2, 0) is 11.3 Å². The summed E-state index contributed by atoms with van der Waals surface area (Å²) in [6.45, 7) is 3.68. The third kappa shape index (κ3) is 4.11. The Morgan fingerprint density at radius 3 is 2.21 bits per heavy atom. The van der Waals surface area contributed by atoms with E-state index in [9.17, 15) is 9.59 Å². The molecule has 2 aliphatic rings. The minimum atomic E-state index is -0.342. The molecule has 2 fully saturated rings. The molecule has 0 spiro atoms. The molecular weight excluding hydrogens is 354 g/mol. The summed E-state index contributed by atoms with van der Waals surface area (Å²) in [6, 6.07) is 15.4. The SMILES string of the molecule is O=C(NCc1ccc(N2CCCCC2)cc1)c1ccc(N2CCOC2=O)cc1. The van der Waals surface area contributed by atoms with Crippen LogP contribution in [0.2, 0.25) is 0 Å². The van der Waals surface area contributed by atoms with Crippen molar-refractivity contribution in [3.8, 4) is 0 Å². The lowest BCUT2D eigenvalue weighted by Crippen LogP contribution is -2.29. The number of anilines is 2. The van der Waals surface area contributed by atoms with E-state index in [4.69, 9.17) is 4.74 Å². The van der Waals surface area contributed by atoms with Crippen molar-refractivity contribution in [2.45, 2.75) is 25.8 Å². The van der Waals surface area contributed by atoms with Gasteiger partial charge < -0.3 is 15.0 Å². The van der Waals surface area contributed by atoms with Gasteiger partial charge in [0.15, 0.2) is 0 Å². The summed E-state index contributed by atoms with van der Waals surface area (Å²) in [4.78, 5) is 28.0. The summed E-state index contributed by atoms with van der Waals surface area (Å²) in [5, 5.41) is 2.95. The molecule has 2 saturated heterocycles. The third-order valence-corrected chi connectivity index (χ3v) is 5.31. The average molecular weight is 379 g/mol. The van der Waals surface area contributed by atoms with Crippen molar-refractivity contribution in [3.63, 3.8) is 0 Å². The van der Waals surface area contributed by atoms with Crippen molar-refractivity contribution < 1.29 is 14.3 Å². The molecule has 0 unspecified atom stereocenters. The van der Waals surface area contributed by atoms with Gasteiger partial charge in [0.2, 0.25) is 0 Å². The maximum Gasteiger partial charge on any atom is 0.414 e. The van der Waals surface area contributed by atoms with Gasteiger partial charge in [0.1, 0.15) is 6.61 Å². The van der Waals surface area contributed by atoms with Gasteiger partial charge in [0.05, 0.1) is 6.54 Å². The topological polar surface area (TPSA) is 61.9 Å². The molecule has 0 bridgehead atoms. The van der Waals surface area contributed by atoms with Crippen LogP contribution in [0.1, 0.15) is 35.2 Å². The summed E-state index contributed by atoms with van der Waals surface area (Å²) in [5.74, 6) is -0.129. The Bertz CT molecular complexity index is 827.